The third-order valence-electron chi connectivity index (χ3n) is 8.15. The molecule has 3 aromatic carbocycles. The molecule has 0 spiro atoms. The highest BCUT2D eigenvalue weighted by atomic mass is 19.2. The molecule has 0 fully saturated rings. The predicted molar refractivity (Wildman–Crippen MR) is 188 cm³/mol. The van der Waals surface area contributed by atoms with E-state index >= 15 is 0 Å². The van der Waals surface area contributed by atoms with Crippen molar-refractivity contribution in [2.24, 2.45) is 5.92 Å². The molecule has 0 heterocycles. The molecule has 14 nitrogen and oxygen atoms in total. The van der Waals surface area contributed by atoms with Crippen molar-refractivity contribution in [2.45, 2.75) is 71.3 Å². The van der Waals surface area contributed by atoms with Gasteiger partial charge in [-0.15, -0.1) is 0 Å². The zero-order valence-electron chi connectivity index (χ0n) is 30.9. The second kappa shape index (κ2) is 20.5. The van der Waals surface area contributed by atoms with Crippen LogP contribution in [0.5, 0.6) is 5.75 Å². The van der Waals surface area contributed by atoms with Crippen molar-refractivity contribution in [3.05, 3.63) is 100 Å². The molecular formula is C38H39F5N4O10. The van der Waals surface area contributed by atoms with E-state index in [1.54, 1.807) is 44.2 Å². The van der Waals surface area contributed by atoms with Crippen molar-refractivity contribution in [1.82, 2.24) is 21.3 Å². The van der Waals surface area contributed by atoms with E-state index in [1.165, 1.54) is 38.1 Å². The largest absolute Gasteiger partial charge is 0.508 e. The maximum absolute atomic E-state index is 14.2. The first-order valence-corrected chi connectivity index (χ1v) is 17.2. The fourth-order valence-electron chi connectivity index (χ4n) is 5.08. The highest BCUT2D eigenvalue weighted by molar-refractivity contribution is 5.98. The molecule has 19 heteroatoms. The second-order valence-corrected chi connectivity index (χ2v) is 13.0. The summed E-state index contributed by atoms with van der Waals surface area (Å²) >= 11 is 0. The van der Waals surface area contributed by atoms with Gasteiger partial charge in [0.1, 0.15) is 42.1 Å². The van der Waals surface area contributed by atoms with Crippen molar-refractivity contribution in [3.63, 3.8) is 0 Å². The Morgan fingerprint density at radius 2 is 1.23 bits per heavy atom. The van der Waals surface area contributed by atoms with Crippen molar-refractivity contribution in [1.29, 1.82) is 0 Å². The van der Waals surface area contributed by atoms with Crippen LogP contribution in [0.2, 0.25) is 0 Å². The van der Waals surface area contributed by atoms with Crippen LogP contribution >= 0.6 is 0 Å². The summed E-state index contributed by atoms with van der Waals surface area (Å²) in [6, 6.07) is 8.25. The molecular weight excluding hydrogens is 767 g/mol. The Balaban J connectivity index is 1.74. The first-order valence-electron chi connectivity index (χ1n) is 17.2. The Kier molecular flexibility index (Phi) is 16.2. The standard InChI is InChI=1S/C38H39F5N4O10/c1-18(2)34(47-36(53)25(45-20(4)48)14-21-10-12-23(49)13-11-21)37(54)44-19(3)35(52)46-24(15-27(51)56-16-22-8-6-5-7-9-22)26(50)17-57-38(55)28-29(39)31(41)33(43)32(42)30(28)40/h5-13,18-19,24-25,34,49H,14-17H2,1-4H3,(H,44,54)(H,45,48)(H,46,52)(H,47,53)/t19?,24-,25?,34-/m0/s1. The summed E-state index contributed by atoms with van der Waals surface area (Å²) in [7, 11) is 0. The highest BCUT2D eigenvalue weighted by Crippen LogP contribution is 2.24. The lowest BCUT2D eigenvalue weighted by molar-refractivity contribution is -0.147. The topological polar surface area (TPSA) is 206 Å². The number of nitrogens with one attached hydrogen (secondary N) is 4. The van der Waals surface area contributed by atoms with Gasteiger partial charge < -0.3 is 35.8 Å². The van der Waals surface area contributed by atoms with Gasteiger partial charge >= 0.3 is 11.9 Å². The summed E-state index contributed by atoms with van der Waals surface area (Å²) in [5.41, 5.74) is -0.881. The summed E-state index contributed by atoms with van der Waals surface area (Å²) in [5, 5.41) is 19.1. The zero-order chi connectivity index (χ0) is 42.6. The van der Waals surface area contributed by atoms with E-state index in [1.807, 2.05) is 0 Å². The fourth-order valence-corrected chi connectivity index (χ4v) is 5.08. The molecule has 4 amide bonds. The number of carbonyl (C=O) groups excluding carboxylic acids is 7. The molecule has 2 unspecified atom stereocenters. The fraction of sp³-hybridized carbons (Fsp3) is 0.342. The molecule has 0 saturated carbocycles. The van der Waals surface area contributed by atoms with Gasteiger partial charge in [0.25, 0.3) is 0 Å². The number of aromatic hydroxyl groups is 1. The molecule has 306 valence electrons. The van der Waals surface area contributed by atoms with Gasteiger partial charge in [-0.1, -0.05) is 56.3 Å². The quantitative estimate of drug-likeness (QED) is 0.0550. The van der Waals surface area contributed by atoms with Gasteiger partial charge in [0.05, 0.1) is 6.42 Å². The van der Waals surface area contributed by atoms with Crippen LogP contribution in [-0.4, -0.2) is 77.2 Å². The van der Waals surface area contributed by atoms with Gasteiger partial charge in [0.2, 0.25) is 29.4 Å². The molecule has 4 atom stereocenters. The van der Waals surface area contributed by atoms with E-state index in [0.717, 1.165) is 0 Å². The van der Waals surface area contributed by atoms with Crippen LogP contribution in [0.15, 0.2) is 54.6 Å². The molecule has 5 N–H and O–H groups in total. The maximum atomic E-state index is 14.2. The minimum Gasteiger partial charge on any atom is -0.508 e. The summed E-state index contributed by atoms with van der Waals surface area (Å²) in [6.07, 6.45) is -0.925. The molecule has 0 aromatic heterocycles. The number of rotatable bonds is 18. The second-order valence-electron chi connectivity index (χ2n) is 13.0. The van der Waals surface area contributed by atoms with E-state index in [0.29, 0.717) is 11.1 Å². The van der Waals surface area contributed by atoms with E-state index in [4.69, 9.17) is 4.74 Å². The van der Waals surface area contributed by atoms with Gasteiger partial charge in [-0.2, -0.15) is 0 Å². The minimum absolute atomic E-state index is 0.0169. The van der Waals surface area contributed by atoms with Crippen molar-refractivity contribution in [2.75, 3.05) is 6.61 Å². The molecule has 0 radical (unpaired) electrons. The van der Waals surface area contributed by atoms with Gasteiger partial charge in [0.15, 0.2) is 35.7 Å². The number of phenols is 1. The van der Waals surface area contributed by atoms with Crippen molar-refractivity contribution in [3.8, 4) is 5.75 Å². The Morgan fingerprint density at radius 3 is 1.79 bits per heavy atom. The third kappa shape index (κ3) is 12.8. The number of halogens is 5. The van der Waals surface area contributed by atoms with E-state index in [9.17, 15) is 60.6 Å². The smallest absolute Gasteiger partial charge is 0.344 e. The lowest BCUT2D eigenvalue weighted by Crippen LogP contribution is -2.58. The number of Topliss-reactive ketones (excluding diaryl/α,β-unsaturated/α-hetero) is 1. The first-order chi connectivity index (χ1) is 26.8. The molecule has 57 heavy (non-hydrogen) atoms. The molecule has 3 rings (SSSR count). The minimum atomic E-state index is -2.54. The summed E-state index contributed by atoms with van der Waals surface area (Å²) in [5.74, 6) is -20.9. The number of phenolic OH excluding ortho intramolecular Hbond substituents is 1. The number of benzene rings is 3. The lowest BCUT2D eigenvalue weighted by Gasteiger charge is -2.27. The number of esters is 2. The monoisotopic (exact) mass is 806 g/mol. The lowest BCUT2D eigenvalue weighted by atomic mass is 10.0. The normalized spacial score (nSPS) is 13.0. The summed E-state index contributed by atoms with van der Waals surface area (Å²) in [4.78, 5) is 90.1. The zero-order valence-corrected chi connectivity index (χ0v) is 30.9. The molecule has 0 bridgehead atoms. The van der Waals surface area contributed by atoms with Crippen LogP contribution < -0.4 is 21.3 Å². The number of carbonyl (C=O) groups is 7. The van der Waals surface area contributed by atoms with E-state index in [2.05, 4.69) is 26.0 Å². The van der Waals surface area contributed by atoms with Crippen LogP contribution in [0.4, 0.5) is 22.0 Å². The van der Waals surface area contributed by atoms with Gasteiger partial charge in [0, 0.05) is 13.3 Å². The highest BCUT2D eigenvalue weighted by Gasteiger charge is 2.34. The Bertz CT molecular complexity index is 1950. The number of ketones is 1. The Morgan fingerprint density at radius 1 is 0.649 bits per heavy atom. The van der Waals surface area contributed by atoms with E-state index in [-0.39, 0.29) is 18.8 Å². The number of amides is 4. The van der Waals surface area contributed by atoms with Crippen LogP contribution in [0.1, 0.15) is 55.6 Å². The number of hydrogen-bond donors (Lipinski definition) is 5. The van der Waals surface area contributed by atoms with Crippen LogP contribution in [0.3, 0.4) is 0 Å². The summed E-state index contributed by atoms with van der Waals surface area (Å²) < 4.78 is 78.7. The average Bonchev–Trinajstić information content (AvgIpc) is 3.16. The van der Waals surface area contributed by atoms with Crippen molar-refractivity contribution >= 4 is 41.4 Å². The molecule has 0 aliphatic carbocycles. The molecule has 3 aromatic rings. The van der Waals surface area contributed by atoms with Gasteiger partial charge in [-0.3, -0.25) is 28.8 Å². The summed E-state index contributed by atoms with van der Waals surface area (Å²) in [6.45, 7) is 3.81. The Labute approximate surface area is 322 Å². The predicted octanol–water partition coefficient (Wildman–Crippen LogP) is 2.82. The third-order valence-corrected chi connectivity index (χ3v) is 8.15. The average molecular weight is 807 g/mol. The van der Waals surface area contributed by atoms with Gasteiger partial charge in [-0.05, 0) is 36.1 Å². The molecule has 0 saturated heterocycles. The number of ether oxygens (including phenoxy) is 2. The van der Waals surface area contributed by atoms with Crippen LogP contribution in [0, 0.1) is 35.0 Å². The van der Waals surface area contributed by atoms with Crippen LogP contribution in [-0.2, 0) is 51.3 Å². The van der Waals surface area contributed by atoms with E-state index < -0.39 is 119 Å². The van der Waals surface area contributed by atoms with Gasteiger partial charge in [-0.25, -0.2) is 26.7 Å². The Hall–Kier alpha value is -6.40. The van der Waals surface area contributed by atoms with Crippen molar-refractivity contribution < 1.29 is 70.1 Å². The SMILES string of the molecule is CC(=O)NC(Cc1ccc(O)cc1)C(=O)N[C@H](C(=O)NC(C)C(=O)N[C@@H](CC(=O)OCc1ccccc1)C(=O)COC(=O)c1c(F)c(F)c(F)c(F)c1F)C(C)C. The van der Waals surface area contributed by atoms with Crippen LogP contribution in [0.25, 0.3) is 0 Å². The molecule has 0 aliphatic rings. The number of hydrogen-bond acceptors (Lipinski definition) is 10. The maximum Gasteiger partial charge on any atom is 0.344 e. The molecule has 0 aliphatic heterocycles. The first kappa shape index (κ1) is 45.0.